The van der Waals surface area contributed by atoms with Crippen LogP contribution < -0.4 is 0 Å². The topological polar surface area (TPSA) is 121 Å². The molecule has 260 valence electrons. The number of alkyl halides is 3. The number of aryl methyl sites for hydroxylation is 2. The Balaban J connectivity index is 0.000000378. The molecule has 0 aliphatic carbocycles. The van der Waals surface area contributed by atoms with Gasteiger partial charge >= 0.3 is 22.6 Å². The molecule has 16 heteroatoms. The summed E-state index contributed by atoms with van der Waals surface area (Å²) in [6.07, 6.45) is 0. The maximum absolute atomic E-state index is 10.7. The van der Waals surface area contributed by atoms with Crippen LogP contribution in [0.25, 0.3) is 21.8 Å². The van der Waals surface area contributed by atoms with E-state index in [1.165, 1.54) is 0 Å². The van der Waals surface area contributed by atoms with E-state index < -0.39 is 15.6 Å². The van der Waals surface area contributed by atoms with E-state index in [1.807, 2.05) is 126 Å². The molecule has 11 nitrogen and oxygen atoms in total. The third kappa shape index (κ3) is 12.0. The van der Waals surface area contributed by atoms with Gasteiger partial charge in [0, 0.05) is 78.5 Å². The molecule has 0 aliphatic heterocycles. The second kappa shape index (κ2) is 17.3. The van der Waals surface area contributed by atoms with Crippen molar-refractivity contribution in [2.24, 2.45) is 9.98 Å². The summed E-state index contributed by atoms with van der Waals surface area (Å²) in [6, 6.07) is 20.4. The van der Waals surface area contributed by atoms with Gasteiger partial charge < -0.3 is 24.2 Å². The minimum absolute atomic E-state index is 0. The largest absolute Gasteiger partial charge is 1.00 e. The van der Waals surface area contributed by atoms with Crippen molar-refractivity contribution in [2.45, 2.75) is 19.4 Å². The first-order chi connectivity index (χ1) is 21.2. The molecule has 0 spiro atoms. The van der Waals surface area contributed by atoms with Crippen LogP contribution in [0.5, 0.6) is 0 Å². The number of hydrogen-bond donors (Lipinski definition) is 0. The summed E-state index contributed by atoms with van der Waals surface area (Å²) in [4.78, 5) is 26.7. The SMILES string of the molecule is Cc1ccc2cccc(N=C(N(C)C)N(C)C)c2n1.Cc1ccc2cccc(N=C(N(C)C)N(C)C)c2n1.O=S(=O)([O-])C(F)(F)F.[Cu+]. The molecule has 0 fully saturated rings. The first-order valence-electron chi connectivity index (χ1n) is 13.8. The molecule has 2 aromatic carbocycles. The summed E-state index contributed by atoms with van der Waals surface area (Å²) >= 11 is 0. The molecule has 0 amide bonds. The fraction of sp³-hybridized carbons (Fsp3) is 0.355. The molecule has 47 heavy (non-hydrogen) atoms. The smallest absolute Gasteiger partial charge is 0.741 e. The second-order valence-corrected chi connectivity index (χ2v) is 12.3. The zero-order valence-electron chi connectivity index (χ0n) is 27.9. The van der Waals surface area contributed by atoms with Gasteiger partial charge in [-0.3, -0.25) is 9.97 Å². The maximum Gasteiger partial charge on any atom is 1.00 e. The third-order valence-electron chi connectivity index (χ3n) is 6.00. The van der Waals surface area contributed by atoms with Gasteiger partial charge in [0.15, 0.2) is 10.1 Å². The molecule has 2 aromatic heterocycles. The van der Waals surface area contributed by atoms with Gasteiger partial charge in [0.1, 0.15) is 0 Å². The summed E-state index contributed by atoms with van der Waals surface area (Å²) in [5.41, 5.74) is 0.0647. The summed E-state index contributed by atoms with van der Waals surface area (Å²) in [5.74, 6) is 1.80. The molecule has 0 unspecified atom stereocenters. The van der Waals surface area contributed by atoms with Crippen LogP contribution in [0.15, 0.2) is 70.6 Å². The number of halogens is 3. The van der Waals surface area contributed by atoms with Crippen LogP contribution in [-0.4, -0.2) is 116 Å². The number of nitrogens with zero attached hydrogens (tertiary/aromatic N) is 8. The van der Waals surface area contributed by atoms with Crippen LogP contribution in [-0.2, 0) is 27.2 Å². The van der Waals surface area contributed by atoms with Gasteiger partial charge in [-0.05, 0) is 38.1 Å². The Morgan fingerprint density at radius 1 is 0.638 bits per heavy atom. The minimum atomic E-state index is -6.09. The summed E-state index contributed by atoms with van der Waals surface area (Å²) in [6.45, 7) is 4.00. The number of benzene rings is 2. The number of fused-ring (bicyclic) bond motifs is 2. The number of aliphatic imine (C=N–C) groups is 2. The van der Waals surface area contributed by atoms with Gasteiger partial charge in [-0.15, -0.1) is 0 Å². The molecule has 0 atom stereocenters. The summed E-state index contributed by atoms with van der Waals surface area (Å²) in [5, 5.41) is 2.23. The van der Waals surface area contributed by atoms with Crippen molar-refractivity contribution in [3.05, 3.63) is 72.1 Å². The van der Waals surface area contributed by atoms with E-state index in [2.05, 4.69) is 34.2 Å². The molecule has 0 saturated carbocycles. The van der Waals surface area contributed by atoms with Crippen LogP contribution in [0.1, 0.15) is 11.4 Å². The van der Waals surface area contributed by atoms with E-state index in [4.69, 9.17) is 23.0 Å². The molecule has 0 aliphatic rings. The number of pyridine rings is 2. The number of rotatable bonds is 2. The Morgan fingerprint density at radius 3 is 1.19 bits per heavy atom. The maximum atomic E-state index is 10.7. The van der Waals surface area contributed by atoms with Gasteiger partial charge in [0.2, 0.25) is 11.9 Å². The quantitative estimate of drug-likeness (QED) is 0.0885. The first-order valence-corrected chi connectivity index (χ1v) is 15.2. The first kappa shape index (κ1) is 41.0. The van der Waals surface area contributed by atoms with Crippen molar-refractivity contribution in [1.29, 1.82) is 0 Å². The van der Waals surface area contributed by atoms with Gasteiger partial charge in [-0.1, -0.05) is 36.4 Å². The second-order valence-electron chi connectivity index (χ2n) is 10.9. The minimum Gasteiger partial charge on any atom is -0.741 e. The molecule has 0 saturated heterocycles. The van der Waals surface area contributed by atoms with E-state index in [-0.39, 0.29) is 17.1 Å². The molecular formula is C31H40CuF3N8O3S. The van der Waals surface area contributed by atoms with Gasteiger partial charge in [0.05, 0.1) is 22.4 Å². The van der Waals surface area contributed by atoms with Crippen molar-refractivity contribution < 1.29 is 43.2 Å². The number of para-hydroxylation sites is 2. The third-order valence-corrected chi connectivity index (χ3v) is 6.57. The zero-order valence-corrected chi connectivity index (χ0v) is 29.7. The van der Waals surface area contributed by atoms with E-state index in [9.17, 15) is 13.2 Å². The van der Waals surface area contributed by atoms with Crippen molar-refractivity contribution >= 4 is 55.2 Å². The van der Waals surface area contributed by atoms with Crippen LogP contribution in [0, 0.1) is 13.8 Å². The van der Waals surface area contributed by atoms with Gasteiger partial charge in [-0.25, -0.2) is 18.4 Å². The summed E-state index contributed by atoms with van der Waals surface area (Å²) in [7, 11) is 9.82. The van der Waals surface area contributed by atoms with E-state index >= 15 is 0 Å². The van der Waals surface area contributed by atoms with Gasteiger partial charge in [-0.2, -0.15) is 13.2 Å². The molecule has 4 rings (SSSR count). The Kier molecular flexibility index (Phi) is 15.1. The fourth-order valence-electron chi connectivity index (χ4n) is 4.05. The standard InChI is InChI=1S/2C15H20N4.CHF3O3S.Cu/c2*1-11-9-10-12-7-6-8-13(14(12)16-11)17-15(18(2)3)19(4)5;2-1(3,4)8(5,6)7;/h2*6-10H,1-5H3;(H,5,6,7);/q;;;+1/p-1. The Bertz CT molecular complexity index is 1680. The van der Waals surface area contributed by atoms with Gasteiger partial charge in [0.25, 0.3) is 0 Å². The number of aromatic nitrogens is 2. The molecule has 4 aromatic rings. The molecule has 0 N–H and O–H groups in total. The fourth-order valence-corrected chi connectivity index (χ4v) is 4.05. The predicted molar refractivity (Wildman–Crippen MR) is 178 cm³/mol. The van der Waals surface area contributed by atoms with Crippen molar-refractivity contribution in [1.82, 2.24) is 29.6 Å². The average Bonchev–Trinajstić information content (AvgIpc) is 2.93. The normalized spacial score (nSPS) is 10.8. The number of hydrogen-bond acceptors (Lipinski definition) is 7. The van der Waals surface area contributed by atoms with Crippen LogP contribution in [0.4, 0.5) is 24.5 Å². The predicted octanol–water partition coefficient (Wildman–Crippen LogP) is 5.36. The Morgan fingerprint density at radius 2 is 0.936 bits per heavy atom. The molecule has 2 heterocycles. The van der Waals surface area contributed by atoms with E-state index in [0.717, 1.165) is 56.5 Å². The van der Waals surface area contributed by atoms with E-state index in [1.54, 1.807) is 0 Å². The number of guanidine groups is 2. The average molecular weight is 725 g/mol. The van der Waals surface area contributed by atoms with Crippen LogP contribution >= 0.6 is 0 Å². The van der Waals surface area contributed by atoms with Crippen molar-refractivity contribution in [3.63, 3.8) is 0 Å². The molecular weight excluding hydrogens is 685 g/mol. The molecule has 0 radical (unpaired) electrons. The van der Waals surface area contributed by atoms with Crippen molar-refractivity contribution in [3.8, 4) is 0 Å². The van der Waals surface area contributed by atoms with Crippen LogP contribution in [0.2, 0.25) is 0 Å². The Labute approximate surface area is 285 Å². The zero-order chi connectivity index (χ0) is 35.0. The monoisotopic (exact) mass is 724 g/mol. The van der Waals surface area contributed by atoms with Crippen LogP contribution in [0.3, 0.4) is 0 Å². The Hall–Kier alpha value is -3.98. The van der Waals surface area contributed by atoms with Crippen molar-refractivity contribution in [2.75, 3.05) is 56.4 Å². The summed E-state index contributed by atoms with van der Waals surface area (Å²) < 4.78 is 58.9. The molecule has 0 bridgehead atoms. The van der Waals surface area contributed by atoms with E-state index in [0.29, 0.717) is 0 Å².